The number of benzene rings is 2. The summed E-state index contributed by atoms with van der Waals surface area (Å²) in [4.78, 5) is 17.4. The zero-order valence-electron chi connectivity index (χ0n) is 24.7. The average molecular weight is 585 g/mol. The average Bonchev–Trinajstić information content (AvgIpc) is 3.59. The van der Waals surface area contributed by atoms with E-state index in [2.05, 4.69) is 20.7 Å². The number of hydrogen-bond acceptors (Lipinski definition) is 7. The summed E-state index contributed by atoms with van der Waals surface area (Å²) in [5.41, 5.74) is 13.0. The minimum absolute atomic E-state index is 0.0710. The molecule has 0 saturated carbocycles. The number of nitrogens with zero attached hydrogens (tertiary/aromatic N) is 5. The molecule has 1 aliphatic heterocycles. The van der Waals surface area contributed by atoms with Crippen molar-refractivity contribution >= 4 is 28.7 Å². The van der Waals surface area contributed by atoms with Crippen LogP contribution >= 0.6 is 0 Å². The number of nitrogens with two attached hydrogens (primary N) is 1. The minimum atomic E-state index is -4.56. The van der Waals surface area contributed by atoms with Crippen molar-refractivity contribution in [3.05, 3.63) is 76.7 Å². The van der Waals surface area contributed by atoms with Gasteiger partial charge in [0, 0.05) is 68.6 Å². The van der Waals surface area contributed by atoms with Gasteiger partial charge in [-0.1, -0.05) is 6.07 Å². The third kappa shape index (κ3) is 7.24. The Balaban J connectivity index is 1.58. The van der Waals surface area contributed by atoms with Crippen molar-refractivity contribution in [3.63, 3.8) is 0 Å². The van der Waals surface area contributed by atoms with Gasteiger partial charge < -0.3 is 20.9 Å². The lowest BCUT2D eigenvalue weighted by Crippen LogP contribution is -2.31. The van der Waals surface area contributed by atoms with Crippen molar-refractivity contribution < 1.29 is 18.0 Å². The summed E-state index contributed by atoms with van der Waals surface area (Å²) >= 11 is 0. The number of nitrogens with one attached hydrogen (secondary N) is 2. The Morgan fingerprint density at radius 2 is 1.86 bits per heavy atom. The number of likely N-dealkylation sites (N-methyl/N-ethyl adjacent to an activating group) is 1. The molecule has 9 nitrogen and oxygen atoms in total. The van der Waals surface area contributed by atoms with Crippen molar-refractivity contribution in [2.24, 2.45) is 12.8 Å². The van der Waals surface area contributed by atoms with Gasteiger partial charge >= 0.3 is 6.18 Å². The van der Waals surface area contributed by atoms with Crippen LogP contribution in [0.2, 0.25) is 0 Å². The molecule has 42 heavy (non-hydrogen) atoms. The molecule has 1 amide bonds. The Hall–Kier alpha value is -4.03. The molecule has 0 spiro atoms. The van der Waals surface area contributed by atoms with Gasteiger partial charge in [0.15, 0.2) is 0 Å². The second kappa shape index (κ2) is 12.9. The number of hydrogen-bond donors (Lipinski definition) is 3. The molecule has 1 fully saturated rings. The van der Waals surface area contributed by atoms with Crippen LogP contribution in [-0.2, 0) is 13.2 Å². The highest BCUT2D eigenvalue weighted by Crippen LogP contribution is 2.34. The summed E-state index contributed by atoms with van der Waals surface area (Å²) in [7, 11) is 5.31. The maximum atomic E-state index is 13.8. The van der Waals surface area contributed by atoms with Crippen LogP contribution in [0.1, 0.15) is 45.6 Å². The maximum Gasteiger partial charge on any atom is 0.416 e. The summed E-state index contributed by atoms with van der Waals surface area (Å²) in [5, 5.41) is 8.60. The Kier molecular flexibility index (Phi) is 9.47. The predicted octanol–water partition coefficient (Wildman–Crippen LogP) is 4.74. The highest BCUT2D eigenvalue weighted by molar-refractivity contribution is 6.05. The van der Waals surface area contributed by atoms with Gasteiger partial charge in [-0.3, -0.25) is 14.5 Å². The molecule has 0 bridgehead atoms. The first-order chi connectivity index (χ1) is 19.9. The molecular formula is C30H39F3N8O. The van der Waals surface area contributed by atoms with Crippen molar-refractivity contribution in [1.82, 2.24) is 20.1 Å². The predicted molar refractivity (Wildman–Crippen MR) is 161 cm³/mol. The Labute approximate surface area is 244 Å². The van der Waals surface area contributed by atoms with E-state index < -0.39 is 17.6 Å². The molecule has 0 atom stereocenters. The van der Waals surface area contributed by atoms with Crippen molar-refractivity contribution in [3.8, 4) is 0 Å². The van der Waals surface area contributed by atoms with Crippen LogP contribution in [-0.4, -0.2) is 60.9 Å². The van der Waals surface area contributed by atoms with Gasteiger partial charge in [0.2, 0.25) is 0 Å². The molecule has 1 saturated heterocycles. The van der Waals surface area contributed by atoms with E-state index in [1.165, 1.54) is 0 Å². The number of likely N-dealkylation sites (tertiary alicyclic amines) is 1. The molecule has 1 aromatic heterocycles. The normalized spacial score (nSPS) is 14.3. The van der Waals surface area contributed by atoms with Gasteiger partial charge in [-0.15, -0.1) is 0 Å². The summed E-state index contributed by atoms with van der Waals surface area (Å²) in [6.07, 6.45) is 1.10. The fourth-order valence-corrected chi connectivity index (χ4v) is 4.95. The Morgan fingerprint density at radius 1 is 1.14 bits per heavy atom. The van der Waals surface area contributed by atoms with Crippen LogP contribution in [0, 0.1) is 13.8 Å². The van der Waals surface area contributed by atoms with Crippen LogP contribution in [0.15, 0.2) is 48.8 Å². The molecule has 1 aliphatic rings. The second-order valence-corrected chi connectivity index (χ2v) is 10.6. The number of halogens is 3. The molecule has 2 heterocycles. The second-order valence-electron chi connectivity index (χ2n) is 10.6. The quantitative estimate of drug-likeness (QED) is 0.297. The number of amides is 1. The van der Waals surface area contributed by atoms with E-state index in [0.29, 0.717) is 23.6 Å². The van der Waals surface area contributed by atoms with E-state index in [1.54, 1.807) is 65.3 Å². The SMILES string of the molecule is CNN(/C=C(\N)c1cnn(C)c1C)c1cc(C(=O)Nc2cc(N(C)CCN3CCCC3)cc(C(F)(F)F)c2)ccc1C. The topological polar surface area (TPSA) is 94.7 Å². The molecule has 2 aromatic carbocycles. The summed E-state index contributed by atoms with van der Waals surface area (Å²) in [6, 6.07) is 8.73. The number of aryl methyl sites for hydroxylation is 2. The summed E-state index contributed by atoms with van der Waals surface area (Å²) < 4.78 is 43.1. The fraction of sp³-hybridized carbons (Fsp3) is 0.400. The van der Waals surface area contributed by atoms with Crippen molar-refractivity contribution in [2.75, 3.05) is 55.5 Å². The fourth-order valence-electron chi connectivity index (χ4n) is 4.95. The van der Waals surface area contributed by atoms with Gasteiger partial charge in [0.25, 0.3) is 5.91 Å². The molecule has 0 aliphatic carbocycles. The van der Waals surface area contributed by atoms with E-state index in [1.807, 2.05) is 20.9 Å². The van der Waals surface area contributed by atoms with E-state index in [9.17, 15) is 18.0 Å². The summed E-state index contributed by atoms with van der Waals surface area (Å²) in [6.45, 7) is 7.15. The molecule has 4 N–H and O–H groups in total. The highest BCUT2D eigenvalue weighted by Gasteiger charge is 2.32. The minimum Gasteiger partial charge on any atom is -0.397 e. The van der Waals surface area contributed by atoms with Gasteiger partial charge in [-0.05, 0) is 75.7 Å². The number of hydrazine groups is 1. The van der Waals surface area contributed by atoms with Crippen LogP contribution in [0.25, 0.3) is 5.70 Å². The van der Waals surface area contributed by atoms with Crippen LogP contribution < -0.4 is 26.4 Å². The standard InChI is InChI=1S/C30H39F3N8O/c1-20-8-9-22(14-28(20)41(35-3)19-27(34)26-18-36-39(5)21(26)2)29(42)37-24-15-23(30(31,32)33)16-25(17-24)38(4)12-13-40-10-6-7-11-40/h8-9,14-19,35H,6-7,10-13,34H2,1-5H3,(H,37,42)/b27-19-. The number of anilines is 3. The van der Waals surface area contributed by atoms with Gasteiger partial charge in [-0.25, -0.2) is 5.43 Å². The van der Waals surface area contributed by atoms with Crippen molar-refractivity contribution in [2.45, 2.75) is 32.9 Å². The lowest BCUT2D eigenvalue weighted by molar-refractivity contribution is -0.137. The smallest absolute Gasteiger partial charge is 0.397 e. The van der Waals surface area contributed by atoms with E-state index in [4.69, 9.17) is 5.73 Å². The van der Waals surface area contributed by atoms with Gasteiger partial charge in [0.05, 0.1) is 23.1 Å². The molecule has 12 heteroatoms. The third-order valence-electron chi connectivity index (χ3n) is 7.68. The molecular weight excluding hydrogens is 545 g/mol. The van der Waals surface area contributed by atoms with E-state index in [0.717, 1.165) is 61.4 Å². The van der Waals surface area contributed by atoms with E-state index >= 15 is 0 Å². The summed E-state index contributed by atoms with van der Waals surface area (Å²) in [5.74, 6) is -0.530. The first kappa shape index (κ1) is 30.9. The number of aromatic nitrogens is 2. The zero-order valence-corrected chi connectivity index (χ0v) is 24.7. The number of alkyl halides is 3. The first-order valence-corrected chi connectivity index (χ1v) is 13.9. The van der Waals surface area contributed by atoms with Gasteiger partial charge in [-0.2, -0.15) is 18.3 Å². The Bertz CT molecular complexity index is 1440. The first-order valence-electron chi connectivity index (χ1n) is 13.9. The lowest BCUT2D eigenvalue weighted by atomic mass is 10.1. The zero-order chi connectivity index (χ0) is 30.6. The van der Waals surface area contributed by atoms with Crippen molar-refractivity contribution in [1.29, 1.82) is 0 Å². The largest absolute Gasteiger partial charge is 0.416 e. The molecule has 4 rings (SSSR count). The van der Waals surface area contributed by atoms with Crippen LogP contribution in [0.5, 0.6) is 0 Å². The highest BCUT2D eigenvalue weighted by atomic mass is 19.4. The maximum absolute atomic E-state index is 13.8. The number of carbonyl (C=O) groups is 1. The number of carbonyl (C=O) groups excluding carboxylic acids is 1. The number of rotatable bonds is 10. The third-order valence-corrected chi connectivity index (χ3v) is 7.68. The molecule has 3 aromatic rings. The van der Waals surface area contributed by atoms with Crippen LogP contribution in [0.4, 0.5) is 30.2 Å². The monoisotopic (exact) mass is 584 g/mol. The van der Waals surface area contributed by atoms with Gasteiger partial charge in [0.1, 0.15) is 0 Å². The van der Waals surface area contributed by atoms with Crippen LogP contribution in [0.3, 0.4) is 0 Å². The molecule has 0 unspecified atom stereocenters. The lowest BCUT2D eigenvalue weighted by Gasteiger charge is -2.25. The van der Waals surface area contributed by atoms with E-state index in [-0.39, 0.29) is 11.3 Å². The Morgan fingerprint density at radius 3 is 2.48 bits per heavy atom. The molecule has 0 radical (unpaired) electrons. The molecule has 226 valence electrons.